The van der Waals surface area contributed by atoms with Gasteiger partial charge in [0.05, 0.1) is 0 Å². The SMILES string of the molecule is CCC1=C2OC(C)(C)CCC2=CCC1. The molecule has 2 aliphatic rings. The summed E-state index contributed by atoms with van der Waals surface area (Å²) < 4.78 is 6.09. The molecule has 1 heterocycles. The quantitative estimate of drug-likeness (QED) is 0.611. The predicted molar refractivity (Wildman–Crippen MR) is 59.0 cm³/mol. The first-order valence-electron chi connectivity index (χ1n) is 5.73. The Morgan fingerprint density at radius 1 is 1.36 bits per heavy atom. The largest absolute Gasteiger partial charge is 0.488 e. The average molecular weight is 192 g/mol. The number of allylic oxidation sites excluding steroid dienone is 3. The lowest BCUT2D eigenvalue weighted by Crippen LogP contribution is -2.30. The highest BCUT2D eigenvalue weighted by Crippen LogP contribution is 2.40. The third-order valence-corrected chi connectivity index (χ3v) is 3.25. The molecule has 0 amide bonds. The molecule has 1 saturated heterocycles. The molecule has 1 nitrogen and oxygen atoms in total. The van der Waals surface area contributed by atoms with E-state index in [0.29, 0.717) is 0 Å². The van der Waals surface area contributed by atoms with Gasteiger partial charge in [-0.2, -0.15) is 0 Å². The number of hydrogen-bond donors (Lipinski definition) is 0. The van der Waals surface area contributed by atoms with Crippen LogP contribution in [0.4, 0.5) is 0 Å². The van der Waals surface area contributed by atoms with E-state index >= 15 is 0 Å². The molecule has 0 radical (unpaired) electrons. The molecular formula is C13H20O. The summed E-state index contributed by atoms with van der Waals surface area (Å²) in [5.74, 6) is 1.23. The van der Waals surface area contributed by atoms with Gasteiger partial charge in [0.25, 0.3) is 0 Å². The Hall–Kier alpha value is -0.720. The van der Waals surface area contributed by atoms with Crippen molar-refractivity contribution < 1.29 is 4.74 Å². The van der Waals surface area contributed by atoms with Gasteiger partial charge in [-0.15, -0.1) is 0 Å². The number of fused-ring (bicyclic) bond motifs is 1. The zero-order valence-electron chi connectivity index (χ0n) is 9.52. The number of ether oxygens (including phenoxy) is 1. The van der Waals surface area contributed by atoms with Crippen LogP contribution < -0.4 is 0 Å². The second-order valence-electron chi connectivity index (χ2n) is 4.92. The average Bonchev–Trinajstić information content (AvgIpc) is 2.15. The zero-order chi connectivity index (χ0) is 10.2. The normalized spacial score (nSPS) is 25.2. The molecule has 78 valence electrons. The smallest absolute Gasteiger partial charge is 0.122 e. The first-order chi connectivity index (χ1) is 6.62. The molecule has 0 aromatic heterocycles. The molecule has 1 aliphatic heterocycles. The standard InChI is InChI=1S/C13H20O/c1-4-10-6-5-7-11-8-9-13(2,3)14-12(10)11/h7H,4-6,8-9H2,1-3H3. The second kappa shape index (κ2) is 3.45. The molecule has 0 aromatic carbocycles. The van der Waals surface area contributed by atoms with Crippen LogP contribution in [0.15, 0.2) is 23.0 Å². The number of rotatable bonds is 1. The van der Waals surface area contributed by atoms with E-state index < -0.39 is 0 Å². The van der Waals surface area contributed by atoms with E-state index in [1.165, 1.54) is 36.2 Å². The van der Waals surface area contributed by atoms with Crippen LogP contribution in [0.5, 0.6) is 0 Å². The fourth-order valence-electron chi connectivity index (χ4n) is 2.31. The Bertz CT molecular complexity index is 294. The third kappa shape index (κ3) is 1.73. The predicted octanol–water partition coefficient (Wildman–Crippen LogP) is 3.96. The van der Waals surface area contributed by atoms with Crippen molar-refractivity contribution in [2.75, 3.05) is 0 Å². The van der Waals surface area contributed by atoms with Crippen molar-refractivity contribution in [3.63, 3.8) is 0 Å². The summed E-state index contributed by atoms with van der Waals surface area (Å²) in [5, 5.41) is 0. The molecule has 0 bridgehead atoms. The molecule has 0 saturated carbocycles. The van der Waals surface area contributed by atoms with Gasteiger partial charge in [-0.25, -0.2) is 0 Å². The first-order valence-corrected chi connectivity index (χ1v) is 5.73. The molecule has 0 unspecified atom stereocenters. The minimum absolute atomic E-state index is 0.0461. The maximum Gasteiger partial charge on any atom is 0.122 e. The van der Waals surface area contributed by atoms with E-state index in [9.17, 15) is 0 Å². The van der Waals surface area contributed by atoms with Crippen LogP contribution in [-0.4, -0.2) is 5.60 Å². The van der Waals surface area contributed by atoms with Crippen LogP contribution in [0.3, 0.4) is 0 Å². The van der Waals surface area contributed by atoms with E-state index in [4.69, 9.17) is 4.74 Å². The lowest BCUT2D eigenvalue weighted by molar-refractivity contribution is 0.0122. The molecule has 1 fully saturated rings. The third-order valence-electron chi connectivity index (χ3n) is 3.25. The van der Waals surface area contributed by atoms with E-state index in [1.807, 2.05) is 0 Å². The fraction of sp³-hybridized carbons (Fsp3) is 0.692. The lowest BCUT2D eigenvalue weighted by Gasteiger charge is -2.37. The monoisotopic (exact) mass is 192 g/mol. The Balaban J connectivity index is 2.30. The van der Waals surface area contributed by atoms with E-state index in [2.05, 4.69) is 26.8 Å². The van der Waals surface area contributed by atoms with Crippen molar-refractivity contribution in [2.45, 2.75) is 58.5 Å². The lowest BCUT2D eigenvalue weighted by atomic mass is 9.87. The van der Waals surface area contributed by atoms with Crippen LogP contribution in [0.1, 0.15) is 52.9 Å². The Morgan fingerprint density at radius 2 is 2.14 bits per heavy atom. The van der Waals surface area contributed by atoms with Crippen molar-refractivity contribution in [1.82, 2.24) is 0 Å². The zero-order valence-corrected chi connectivity index (χ0v) is 9.52. The first kappa shape index (κ1) is 9.82. The van der Waals surface area contributed by atoms with Crippen LogP contribution in [0, 0.1) is 0 Å². The maximum absolute atomic E-state index is 6.09. The van der Waals surface area contributed by atoms with Gasteiger partial charge in [0, 0.05) is 0 Å². The summed E-state index contributed by atoms with van der Waals surface area (Å²) >= 11 is 0. The molecule has 1 aliphatic carbocycles. The summed E-state index contributed by atoms with van der Waals surface area (Å²) in [6.07, 6.45) is 8.27. The summed E-state index contributed by atoms with van der Waals surface area (Å²) in [6.45, 7) is 6.62. The topological polar surface area (TPSA) is 9.23 Å². The van der Waals surface area contributed by atoms with Gasteiger partial charge in [0.1, 0.15) is 11.4 Å². The van der Waals surface area contributed by atoms with E-state index in [1.54, 1.807) is 0 Å². The minimum Gasteiger partial charge on any atom is -0.488 e. The van der Waals surface area contributed by atoms with Gasteiger partial charge < -0.3 is 4.74 Å². The highest BCUT2D eigenvalue weighted by atomic mass is 16.5. The molecule has 0 atom stereocenters. The van der Waals surface area contributed by atoms with Gasteiger partial charge in [0.15, 0.2) is 0 Å². The van der Waals surface area contributed by atoms with Crippen molar-refractivity contribution in [2.24, 2.45) is 0 Å². The maximum atomic E-state index is 6.09. The summed E-state index contributed by atoms with van der Waals surface area (Å²) in [4.78, 5) is 0. The molecular weight excluding hydrogens is 172 g/mol. The molecule has 1 heteroatoms. The van der Waals surface area contributed by atoms with E-state index in [0.717, 1.165) is 12.8 Å². The highest BCUT2D eigenvalue weighted by molar-refractivity contribution is 5.36. The van der Waals surface area contributed by atoms with Crippen LogP contribution in [0.2, 0.25) is 0 Å². The van der Waals surface area contributed by atoms with Crippen LogP contribution >= 0.6 is 0 Å². The fourth-order valence-corrected chi connectivity index (χ4v) is 2.31. The van der Waals surface area contributed by atoms with Gasteiger partial charge in [-0.05, 0) is 57.1 Å². The van der Waals surface area contributed by atoms with Gasteiger partial charge in [-0.3, -0.25) is 0 Å². The second-order valence-corrected chi connectivity index (χ2v) is 4.92. The van der Waals surface area contributed by atoms with Crippen LogP contribution in [0.25, 0.3) is 0 Å². The molecule has 2 rings (SSSR count). The summed E-state index contributed by atoms with van der Waals surface area (Å²) in [7, 11) is 0. The van der Waals surface area contributed by atoms with Crippen molar-refractivity contribution in [3.05, 3.63) is 23.0 Å². The Labute approximate surface area is 86.8 Å². The summed E-state index contributed by atoms with van der Waals surface area (Å²) in [5.41, 5.74) is 3.03. The minimum atomic E-state index is 0.0461. The number of hydrogen-bond acceptors (Lipinski definition) is 1. The van der Waals surface area contributed by atoms with Crippen molar-refractivity contribution >= 4 is 0 Å². The molecule has 14 heavy (non-hydrogen) atoms. The molecule has 0 N–H and O–H groups in total. The highest BCUT2D eigenvalue weighted by Gasteiger charge is 2.30. The molecule has 0 aromatic rings. The molecule has 0 spiro atoms. The van der Waals surface area contributed by atoms with Gasteiger partial charge in [0.2, 0.25) is 0 Å². The Morgan fingerprint density at radius 3 is 2.86 bits per heavy atom. The van der Waals surface area contributed by atoms with Crippen molar-refractivity contribution in [1.29, 1.82) is 0 Å². The van der Waals surface area contributed by atoms with Crippen molar-refractivity contribution in [3.8, 4) is 0 Å². The van der Waals surface area contributed by atoms with Gasteiger partial charge in [-0.1, -0.05) is 13.0 Å². The summed E-state index contributed by atoms with van der Waals surface area (Å²) in [6, 6.07) is 0. The Kier molecular flexibility index (Phi) is 2.42. The van der Waals surface area contributed by atoms with E-state index in [-0.39, 0.29) is 5.60 Å². The van der Waals surface area contributed by atoms with Crippen LogP contribution in [-0.2, 0) is 4.74 Å². The van der Waals surface area contributed by atoms with Gasteiger partial charge >= 0.3 is 0 Å².